The largest absolute Gasteiger partial charge is 0.329 e. The van der Waals surface area contributed by atoms with Gasteiger partial charge in [-0.15, -0.1) is 11.8 Å². The Labute approximate surface area is 163 Å². The molecule has 2 atom stereocenters. The molecule has 2 aromatic rings. The molecule has 5 rings (SSSR count). The molecule has 1 aliphatic heterocycles. The third kappa shape index (κ3) is 2.66. The summed E-state index contributed by atoms with van der Waals surface area (Å²) in [5.74, 6) is 1.78. The van der Waals surface area contributed by atoms with Crippen molar-refractivity contribution in [3.63, 3.8) is 0 Å². The number of nitriles is 1. The Morgan fingerprint density at radius 3 is 2.74 bits per heavy atom. The number of amidine groups is 1. The average Bonchev–Trinajstić information content (AvgIpc) is 3.58. The molecule has 7 heteroatoms. The van der Waals surface area contributed by atoms with Crippen LogP contribution in [-0.4, -0.2) is 32.2 Å². The van der Waals surface area contributed by atoms with Gasteiger partial charge in [-0.2, -0.15) is 10.4 Å². The standard InChI is InChI=1S/C18H18N6S.C2H6/c1-11-22-15(6-16(23-11)25-2)24-13-5-14(20-7-12(13)8-21-24)18(10-19)9-17(18)3-4-17;1-2/h5-8,16H,3-4,9H2,1-2H3,(H,22,23);1-2H3. The van der Waals surface area contributed by atoms with Crippen LogP contribution in [0, 0.1) is 16.7 Å². The maximum Gasteiger partial charge on any atom is 0.132 e. The number of aromatic nitrogens is 3. The molecule has 2 unspecified atom stereocenters. The number of nitrogens with one attached hydrogen (secondary N) is 1. The van der Waals surface area contributed by atoms with Crippen molar-refractivity contribution in [3.8, 4) is 6.07 Å². The summed E-state index contributed by atoms with van der Waals surface area (Å²) in [6, 6.07) is 4.61. The number of nitrogens with zero attached hydrogens (tertiary/aromatic N) is 5. The predicted octanol–water partition coefficient (Wildman–Crippen LogP) is 3.91. The Morgan fingerprint density at radius 2 is 2.11 bits per heavy atom. The molecular formula is C20H24N6S. The van der Waals surface area contributed by atoms with Crippen LogP contribution < -0.4 is 5.32 Å². The van der Waals surface area contributed by atoms with Crippen molar-refractivity contribution in [2.24, 2.45) is 10.4 Å². The lowest BCUT2D eigenvalue weighted by molar-refractivity contribution is 0.715. The molecule has 27 heavy (non-hydrogen) atoms. The molecule has 1 N–H and O–H groups in total. The summed E-state index contributed by atoms with van der Waals surface area (Å²) in [5, 5.41) is 18.7. The minimum absolute atomic E-state index is 0.0837. The van der Waals surface area contributed by atoms with Gasteiger partial charge in [0.1, 0.15) is 22.4 Å². The van der Waals surface area contributed by atoms with Crippen LogP contribution in [0.5, 0.6) is 0 Å². The van der Waals surface area contributed by atoms with E-state index < -0.39 is 0 Å². The summed E-state index contributed by atoms with van der Waals surface area (Å²) in [6.45, 7) is 5.96. The molecule has 2 aromatic heterocycles. The zero-order chi connectivity index (χ0) is 19.2. The number of hydrogen-bond donors (Lipinski definition) is 1. The molecule has 3 aliphatic rings. The fourth-order valence-electron chi connectivity index (χ4n) is 4.01. The van der Waals surface area contributed by atoms with Crippen LogP contribution in [0.2, 0.25) is 0 Å². The van der Waals surface area contributed by atoms with Crippen molar-refractivity contribution in [3.05, 3.63) is 30.2 Å². The summed E-state index contributed by atoms with van der Waals surface area (Å²) >= 11 is 1.68. The second-order valence-electron chi connectivity index (χ2n) is 7.18. The number of fused-ring (bicyclic) bond motifs is 1. The molecule has 0 aromatic carbocycles. The van der Waals surface area contributed by atoms with Crippen molar-refractivity contribution in [2.75, 3.05) is 6.26 Å². The Kier molecular flexibility index (Phi) is 4.26. The molecule has 0 radical (unpaired) electrons. The maximum atomic E-state index is 9.77. The van der Waals surface area contributed by atoms with Crippen molar-refractivity contribution < 1.29 is 0 Å². The molecular weight excluding hydrogens is 356 g/mol. The summed E-state index contributed by atoms with van der Waals surface area (Å²) in [7, 11) is 0. The first-order chi connectivity index (χ1) is 13.1. The predicted molar refractivity (Wildman–Crippen MR) is 110 cm³/mol. The van der Waals surface area contributed by atoms with E-state index in [1.165, 1.54) is 0 Å². The lowest BCUT2D eigenvalue weighted by Crippen LogP contribution is -2.28. The van der Waals surface area contributed by atoms with Crippen LogP contribution >= 0.6 is 11.8 Å². The normalized spacial score (nSPS) is 27.0. The van der Waals surface area contributed by atoms with E-state index in [1.807, 2.05) is 44.1 Å². The summed E-state index contributed by atoms with van der Waals surface area (Å²) in [6.07, 6.45) is 11.0. The molecule has 2 fully saturated rings. The smallest absolute Gasteiger partial charge is 0.132 e. The molecule has 6 nitrogen and oxygen atoms in total. The second kappa shape index (κ2) is 6.38. The van der Waals surface area contributed by atoms with E-state index in [2.05, 4.69) is 38.6 Å². The van der Waals surface area contributed by atoms with Gasteiger partial charge in [0.25, 0.3) is 0 Å². The van der Waals surface area contributed by atoms with Crippen LogP contribution in [0.3, 0.4) is 0 Å². The van der Waals surface area contributed by atoms with Crippen LogP contribution in [0.1, 0.15) is 45.7 Å². The van der Waals surface area contributed by atoms with E-state index in [0.717, 1.165) is 47.5 Å². The highest BCUT2D eigenvalue weighted by Gasteiger charge is 2.76. The minimum atomic E-state index is -0.385. The number of hydrogen-bond acceptors (Lipinski definition) is 6. The van der Waals surface area contributed by atoms with Gasteiger partial charge < -0.3 is 5.32 Å². The fraction of sp³-hybridized carbons (Fsp3) is 0.500. The average molecular weight is 381 g/mol. The number of pyridine rings is 1. The van der Waals surface area contributed by atoms with Crippen LogP contribution in [0.4, 0.5) is 0 Å². The lowest BCUT2D eigenvalue weighted by atomic mass is 9.98. The van der Waals surface area contributed by atoms with E-state index >= 15 is 0 Å². The zero-order valence-corrected chi connectivity index (χ0v) is 17.0. The lowest BCUT2D eigenvalue weighted by Gasteiger charge is -2.20. The summed E-state index contributed by atoms with van der Waals surface area (Å²) in [5.41, 5.74) is 1.70. The van der Waals surface area contributed by atoms with Gasteiger partial charge in [-0.3, -0.25) is 9.98 Å². The van der Waals surface area contributed by atoms with E-state index in [1.54, 1.807) is 11.8 Å². The van der Waals surface area contributed by atoms with Gasteiger partial charge in [0, 0.05) is 11.6 Å². The highest BCUT2D eigenvalue weighted by atomic mass is 32.2. The molecule has 0 saturated heterocycles. The molecule has 2 aliphatic carbocycles. The van der Waals surface area contributed by atoms with Gasteiger partial charge in [0.05, 0.1) is 23.5 Å². The van der Waals surface area contributed by atoms with Crippen molar-refractivity contribution in [1.82, 2.24) is 20.1 Å². The third-order valence-corrected chi connectivity index (χ3v) is 6.44. The number of aliphatic imine (C=N–C) groups is 1. The Bertz CT molecular complexity index is 994. The number of thioether (sulfide) groups is 1. The topological polar surface area (TPSA) is 78.9 Å². The summed E-state index contributed by atoms with van der Waals surface area (Å²) in [4.78, 5) is 9.15. The zero-order valence-electron chi connectivity index (χ0n) is 16.2. The third-order valence-electron chi connectivity index (χ3n) is 5.72. The minimum Gasteiger partial charge on any atom is -0.329 e. The highest BCUT2D eigenvalue weighted by Crippen LogP contribution is 2.78. The first kappa shape index (κ1) is 18.1. The van der Waals surface area contributed by atoms with Crippen LogP contribution in [0.25, 0.3) is 16.7 Å². The van der Waals surface area contributed by atoms with E-state index in [4.69, 9.17) is 0 Å². The van der Waals surface area contributed by atoms with E-state index in [-0.39, 0.29) is 16.2 Å². The van der Waals surface area contributed by atoms with Crippen molar-refractivity contribution in [1.29, 1.82) is 5.26 Å². The number of rotatable bonds is 3. The van der Waals surface area contributed by atoms with Gasteiger partial charge in [0.15, 0.2) is 0 Å². The molecule has 2 saturated carbocycles. The van der Waals surface area contributed by atoms with Gasteiger partial charge in [-0.25, -0.2) is 4.68 Å². The first-order valence-corrected chi connectivity index (χ1v) is 10.7. The van der Waals surface area contributed by atoms with Crippen molar-refractivity contribution >= 4 is 34.3 Å². The van der Waals surface area contributed by atoms with E-state index in [0.29, 0.717) is 0 Å². The quantitative estimate of drug-likeness (QED) is 0.873. The van der Waals surface area contributed by atoms with Crippen molar-refractivity contribution in [2.45, 2.75) is 50.8 Å². The Hall–Kier alpha value is -2.33. The Morgan fingerprint density at radius 1 is 1.33 bits per heavy atom. The monoisotopic (exact) mass is 380 g/mol. The second-order valence-corrected chi connectivity index (χ2v) is 8.13. The molecule has 3 heterocycles. The fourth-order valence-corrected chi connectivity index (χ4v) is 4.54. The van der Waals surface area contributed by atoms with Gasteiger partial charge in [0.2, 0.25) is 0 Å². The molecule has 140 valence electrons. The Balaban J connectivity index is 0.000000872. The molecule has 0 amide bonds. The van der Waals surface area contributed by atoms with Gasteiger partial charge >= 0.3 is 0 Å². The van der Waals surface area contributed by atoms with Gasteiger partial charge in [-0.1, -0.05) is 13.8 Å². The van der Waals surface area contributed by atoms with Gasteiger partial charge in [-0.05, 0) is 50.0 Å². The highest BCUT2D eigenvalue weighted by molar-refractivity contribution is 7.99. The van der Waals surface area contributed by atoms with Crippen LogP contribution in [-0.2, 0) is 5.41 Å². The van der Waals surface area contributed by atoms with E-state index in [9.17, 15) is 5.26 Å². The molecule has 0 bridgehead atoms. The molecule has 1 spiro atoms. The summed E-state index contributed by atoms with van der Waals surface area (Å²) < 4.78 is 1.90. The van der Waals surface area contributed by atoms with Crippen LogP contribution in [0.15, 0.2) is 29.5 Å². The first-order valence-electron chi connectivity index (χ1n) is 9.43. The maximum absolute atomic E-state index is 9.77. The SMILES string of the molecule is CC.CSC1C=C(n2ncc3cnc(C4(C#N)CC45CC5)cc32)NC(C)=N1.